The number of fused-ring (bicyclic) bond motifs is 1. The number of rotatable bonds is 1. The van der Waals surface area contributed by atoms with Gasteiger partial charge in [-0.05, 0) is 37.9 Å². The zero-order valence-electron chi connectivity index (χ0n) is 10.1. The van der Waals surface area contributed by atoms with Crippen LogP contribution in [0.5, 0.6) is 0 Å². The first-order valence-electron chi connectivity index (χ1n) is 6.17. The second-order valence-electron chi connectivity index (χ2n) is 4.71. The molecule has 1 fully saturated rings. The Balaban J connectivity index is 0.00000108. The number of aromatic amines is 1. The third-order valence-corrected chi connectivity index (χ3v) is 3.60. The van der Waals surface area contributed by atoms with E-state index in [4.69, 9.17) is 0 Å². The second-order valence-corrected chi connectivity index (χ2v) is 4.71. The van der Waals surface area contributed by atoms with E-state index in [0.717, 1.165) is 6.54 Å². The van der Waals surface area contributed by atoms with Crippen LogP contribution in [0.4, 0.5) is 0 Å². The summed E-state index contributed by atoms with van der Waals surface area (Å²) in [6.45, 7) is 3.34. The molecular formula is C14H19ClN2. The number of piperidine rings is 1. The van der Waals surface area contributed by atoms with Crippen LogP contribution in [0.2, 0.25) is 0 Å². The highest BCUT2D eigenvalue weighted by atomic mass is 35.5. The highest BCUT2D eigenvalue weighted by Crippen LogP contribution is 2.31. The van der Waals surface area contributed by atoms with E-state index >= 15 is 0 Å². The lowest BCUT2D eigenvalue weighted by atomic mass is 9.95. The fourth-order valence-electron chi connectivity index (χ4n) is 2.85. The fourth-order valence-corrected chi connectivity index (χ4v) is 2.85. The lowest BCUT2D eigenvalue weighted by molar-refractivity contribution is 0.413. The normalized spacial score (nSPS) is 20.2. The van der Waals surface area contributed by atoms with Crippen LogP contribution in [0.25, 0.3) is 10.9 Å². The molecule has 0 amide bonds. The molecule has 1 aromatic heterocycles. The van der Waals surface area contributed by atoms with Gasteiger partial charge in [-0.3, -0.25) is 0 Å². The van der Waals surface area contributed by atoms with E-state index in [1.165, 1.54) is 41.4 Å². The van der Waals surface area contributed by atoms with Gasteiger partial charge in [0.1, 0.15) is 0 Å². The predicted octanol–water partition coefficient (Wildman–Crippen LogP) is 3.71. The molecule has 2 heterocycles. The molecule has 0 aliphatic carbocycles. The van der Waals surface area contributed by atoms with Gasteiger partial charge in [0.05, 0.1) is 0 Å². The maximum Gasteiger partial charge on any atom is 0.0459 e. The van der Waals surface area contributed by atoms with Crippen molar-refractivity contribution >= 4 is 23.3 Å². The Kier molecular flexibility index (Phi) is 3.75. The van der Waals surface area contributed by atoms with E-state index in [9.17, 15) is 0 Å². The van der Waals surface area contributed by atoms with E-state index in [2.05, 4.69) is 41.5 Å². The number of benzene rings is 1. The molecule has 0 bridgehead atoms. The zero-order chi connectivity index (χ0) is 11.0. The molecule has 0 radical (unpaired) electrons. The number of hydrogen-bond acceptors (Lipinski definition) is 1. The lowest BCUT2D eigenvalue weighted by Gasteiger charge is -2.24. The van der Waals surface area contributed by atoms with Gasteiger partial charge >= 0.3 is 0 Å². The molecule has 3 heteroatoms. The molecule has 2 N–H and O–H groups in total. The summed E-state index contributed by atoms with van der Waals surface area (Å²) in [5.41, 5.74) is 4.07. The van der Waals surface area contributed by atoms with Gasteiger partial charge in [-0.15, -0.1) is 12.4 Å². The van der Waals surface area contributed by atoms with Crippen molar-refractivity contribution < 1.29 is 0 Å². The molecule has 2 nitrogen and oxygen atoms in total. The minimum atomic E-state index is 0. The zero-order valence-corrected chi connectivity index (χ0v) is 10.9. The molecule has 17 heavy (non-hydrogen) atoms. The van der Waals surface area contributed by atoms with Crippen LogP contribution >= 0.6 is 12.4 Å². The standard InChI is InChI=1S/C14H18N2.ClH/c1-10-14(13-8-4-5-9-15-13)11-6-2-3-7-12(11)16-10;/h2-3,6-7,13,15-16H,4-5,8-9H2,1H3;1H/t13-;/m1./s1. The van der Waals surface area contributed by atoms with Gasteiger partial charge in [-0.2, -0.15) is 0 Å². The molecule has 0 saturated carbocycles. The third kappa shape index (κ3) is 2.20. The van der Waals surface area contributed by atoms with E-state index in [0.29, 0.717) is 6.04 Å². The highest BCUT2D eigenvalue weighted by molar-refractivity contribution is 5.85. The van der Waals surface area contributed by atoms with Gasteiger partial charge < -0.3 is 10.3 Å². The molecule has 0 spiro atoms. The summed E-state index contributed by atoms with van der Waals surface area (Å²) >= 11 is 0. The first-order chi connectivity index (χ1) is 7.86. The fraction of sp³-hybridized carbons (Fsp3) is 0.429. The Morgan fingerprint density at radius 3 is 2.76 bits per heavy atom. The minimum absolute atomic E-state index is 0. The summed E-state index contributed by atoms with van der Waals surface area (Å²) in [4.78, 5) is 3.48. The molecule has 1 aromatic carbocycles. The molecule has 1 aliphatic rings. The van der Waals surface area contributed by atoms with Crippen LogP contribution in [0.3, 0.4) is 0 Å². The van der Waals surface area contributed by atoms with Crippen molar-refractivity contribution in [1.29, 1.82) is 0 Å². The van der Waals surface area contributed by atoms with Crippen molar-refractivity contribution in [2.45, 2.75) is 32.2 Å². The summed E-state index contributed by atoms with van der Waals surface area (Å²) in [5.74, 6) is 0. The number of aromatic nitrogens is 1. The smallest absolute Gasteiger partial charge is 0.0459 e. The summed E-state index contributed by atoms with van der Waals surface area (Å²) in [7, 11) is 0. The van der Waals surface area contributed by atoms with Crippen molar-refractivity contribution in [3.8, 4) is 0 Å². The topological polar surface area (TPSA) is 27.8 Å². The molecule has 1 atom stereocenters. The second kappa shape index (κ2) is 5.11. The van der Waals surface area contributed by atoms with Gasteiger partial charge in [0.25, 0.3) is 0 Å². The molecule has 1 saturated heterocycles. The van der Waals surface area contributed by atoms with E-state index in [-0.39, 0.29) is 12.4 Å². The summed E-state index contributed by atoms with van der Waals surface area (Å²) in [5, 5.41) is 5.02. The Bertz CT molecular complexity index is 498. The van der Waals surface area contributed by atoms with Gasteiger partial charge in [0, 0.05) is 22.6 Å². The highest BCUT2D eigenvalue weighted by Gasteiger charge is 2.20. The average Bonchev–Trinajstić information content (AvgIpc) is 2.66. The minimum Gasteiger partial charge on any atom is -0.358 e. The molecule has 0 unspecified atom stereocenters. The van der Waals surface area contributed by atoms with Gasteiger partial charge in [-0.1, -0.05) is 24.6 Å². The number of H-pyrrole nitrogens is 1. The van der Waals surface area contributed by atoms with Crippen LogP contribution in [0, 0.1) is 6.92 Å². The van der Waals surface area contributed by atoms with Gasteiger partial charge in [-0.25, -0.2) is 0 Å². The predicted molar refractivity (Wildman–Crippen MR) is 74.9 cm³/mol. The third-order valence-electron chi connectivity index (χ3n) is 3.60. The Morgan fingerprint density at radius 2 is 2.00 bits per heavy atom. The van der Waals surface area contributed by atoms with Gasteiger partial charge in [0.2, 0.25) is 0 Å². The monoisotopic (exact) mass is 250 g/mol. The lowest BCUT2D eigenvalue weighted by Crippen LogP contribution is -2.27. The largest absolute Gasteiger partial charge is 0.358 e. The first-order valence-corrected chi connectivity index (χ1v) is 6.17. The van der Waals surface area contributed by atoms with E-state index in [1.54, 1.807) is 0 Å². The van der Waals surface area contributed by atoms with Crippen LogP contribution in [0.1, 0.15) is 36.6 Å². The van der Waals surface area contributed by atoms with E-state index < -0.39 is 0 Å². The van der Waals surface area contributed by atoms with Crippen LogP contribution in [0.15, 0.2) is 24.3 Å². The van der Waals surface area contributed by atoms with Crippen LogP contribution in [-0.2, 0) is 0 Å². The van der Waals surface area contributed by atoms with Crippen molar-refractivity contribution in [3.05, 3.63) is 35.5 Å². The number of aryl methyl sites for hydroxylation is 1. The maximum atomic E-state index is 3.63. The maximum absolute atomic E-state index is 3.63. The number of nitrogens with one attached hydrogen (secondary N) is 2. The van der Waals surface area contributed by atoms with E-state index in [1.807, 2.05) is 0 Å². The van der Waals surface area contributed by atoms with Crippen LogP contribution < -0.4 is 5.32 Å². The number of halogens is 1. The number of para-hydroxylation sites is 1. The van der Waals surface area contributed by atoms with Crippen molar-refractivity contribution in [2.24, 2.45) is 0 Å². The SMILES string of the molecule is Cc1[nH]c2ccccc2c1[C@H]1CCCCN1.Cl. The molecular weight excluding hydrogens is 232 g/mol. The van der Waals surface area contributed by atoms with Crippen LogP contribution in [-0.4, -0.2) is 11.5 Å². The molecule has 1 aliphatic heterocycles. The first kappa shape index (κ1) is 12.5. The average molecular weight is 251 g/mol. The molecule has 2 aromatic rings. The summed E-state index contributed by atoms with van der Waals surface area (Å²) < 4.78 is 0. The van der Waals surface area contributed by atoms with Crippen molar-refractivity contribution in [1.82, 2.24) is 10.3 Å². The van der Waals surface area contributed by atoms with Crippen molar-refractivity contribution in [3.63, 3.8) is 0 Å². The van der Waals surface area contributed by atoms with Gasteiger partial charge in [0.15, 0.2) is 0 Å². The Morgan fingerprint density at radius 1 is 1.18 bits per heavy atom. The Hall–Kier alpha value is -0.990. The Labute approximate surface area is 108 Å². The quantitative estimate of drug-likeness (QED) is 0.793. The summed E-state index contributed by atoms with van der Waals surface area (Å²) in [6.07, 6.45) is 3.93. The summed E-state index contributed by atoms with van der Waals surface area (Å²) in [6, 6.07) is 9.15. The van der Waals surface area contributed by atoms with Crippen molar-refractivity contribution in [2.75, 3.05) is 6.54 Å². The molecule has 3 rings (SSSR count). The molecule has 92 valence electrons. The number of hydrogen-bond donors (Lipinski definition) is 2.